The maximum Gasteiger partial charge on any atom is 0.254 e. The zero-order chi connectivity index (χ0) is 15.2. The van der Waals surface area contributed by atoms with Crippen molar-refractivity contribution in [3.63, 3.8) is 0 Å². The van der Waals surface area contributed by atoms with Gasteiger partial charge in [-0.3, -0.25) is 4.79 Å². The van der Waals surface area contributed by atoms with Crippen molar-refractivity contribution in [3.8, 4) is 11.4 Å². The van der Waals surface area contributed by atoms with Gasteiger partial charge in [0.25, 0.3) is 5.91 Å². The lowest BCUT2D eigenvalue weighted by molar-refractivity contribution is 0.0953. The highest BCUT2D eigenvalue weighted by Gasteiger charge is 2.07. The van der Waals surface area contributed by atoms with Crippen LogP contribution in [0, 0.1) is 0 Å². The van der Waals surface area contributed by atoms with E-state index in [1.54, 1.807) is 18.7 Å². The Kier molecular flexibility index (Phi) is 4.20. The fourth-order valence-corrected chi connectivity index (χ4v) is 2.02. The van der Waals surface area contributed by atoms with Gasteiger partial charge in [-0.15, -0.1) is 0 Å². The third-order valence-electron chi connectivity index (χ3n) is 3.17. The van der Waals surface area contributed by atoms with E-state index in [1.165, 1.54) is 0 Å². The van der Waals surface area contributed by atoms with Crippen molar-refractivity contribution in [1.29, 1.82) is 0 Å². The third-order valence-corrected chi connectivity index (χ3v) is 3.17. The van der Waals surface area contributed by atoms with Crippen LogP contribution in [-0.2, 0) is 6.42 Å². The first kappa shape index (κ1) is 13.9. The second-order valence-electron chi connectivity index (χ2n) is 4.73. The third kappa shape index (κ3) is 3.35. The number of imidazole rings is 1. The second kappa shape index (κ2) is 6.62. The normalized spacial score (nSPS) is 10.4. The van der Waals surface area contributed by atoms with Gasteiger partial charge in [-0.2, -0.15) is 0 Å². The Hall–Kier alpha value is -3.02. The number of rotatable bonds is 5. The number of nitrogens with one attached hydrogen (secondary N) is 2. The Bertz CT molecular complexity index is 723. The summed E-state index contributed by atoms with van der Waals surface area (Å²) in [4.78, 5) is 27.5. The van der Waals surface area contributed by atoms with Gasteiger partial charge in [0.1, 0.15) is 0 Å². The van der Waals surface area contributed by atoms with Crippen LogP contribution < -0.4 is 5.32 Å². The lowest BCUT2D eigenvalue weighted by atomic mass is 10.2. The summed E-state index contributed by atoms with van der Waals surface area (Å²) >= 11 is 0. The van der Waals surface area contributed by atoms with E-state index in [4.69, 9.17) is 0 Å². The molecule has 3 aromatic rings. The number of carbonyl (C=O) groups excluding carboxylic acids is 1. The molecule has 0 saturated heterocycles. The Morgan fingerprint density at radius 1 is 1.09 bits per heavy atom. The SMILES string of the molecule is O=C(NCCc1c[nH]cn1)c1cnc(-c2ccccc2)nc1. The minimum absolute atomic E-state index is 0.185. The van der Waals surface area contributed by atoms with E-state index in [1.807, 2.05) is 36.5 Å². The summed E-state index contributed by atoms with van der Waals surface area (Å²) < 4.78 is 0. The van der Waals surface area contributed by atoms with Gasteiger partial charge in [0.05, 0.1) is 17.6 Å². The smallest absolute Gasteiger partial charge is 0.254 e. The van der Waals surface area contributed by atoms with Gasteiger partial charge in [-0.05, 0) is 0 Å². The summed E-state index contributed by atoms with van der Waals surface area (Å²) in [6.45, 7) is 0.518. The molecule has 0 aliphatic rings. The first-order valence-electron chi connectivity index (χ1n) is 6.96. The second-order valence-corrected chi connectivity index (χ2v) is 4.73. The van der Waals surface area contributed by atoms with Crippen molar-refractivity contribution in [2.45, 2.75) is 6.42 Å². The lowest BCUT2D eigenvalue weighted by Crippen LogP contribution is -2.26. The van der Waals surface area contributed by atoms with Gasteiger partial charge >= 0.3 is 0 Å². The number of nitrogens with zero attached hydrogens (tertiary/aromatic N) is 3. The van der Waals surface area contributed by atoms with E-state index in [2.05, 4.69) is 25.3 Å². The molecule has 0 radical (unpaired) electrons. The summed E-state index contributed by atoms with van der Waals surface area (Å²) in [6, 6.07) is 9.64. The average Bonchev–Trinajstić information content (AvgIpc) is 3.09. The van der Waals surface area contributed by atoms with Gasteiger partial charge < -0.3 is 10.3 Å². The first-order chi connectivity index (χ1) is 10.8. The zero-order valence-corrected chi connectivity index (χ0v) is 11.9. The van der Waals surface area contributed by atoms with Crippen molar-refractivity contribution in [2.75, 3.05) is 6.54 Å². The number of hydrogen-bond acceptors (Lipinski definition) is 4. The number of hydrogen-bond donors (Lipinski definition) is 2. The highest BCUT2D eigenvalue weighted by atomic mass is 16.1. The standard InChI is InChI=1S/C16H15N5O/c22-16(18-7-6-14-10-17-11-21-14)13-8-19-15(20-9-13)12-4-2-1-3-5-12/h1-5,8-11H,6-7H2,(H,17,21)(H,18,22). The molecular formula is C16H15N5O. The fourth-order valence-electron chi connectivity index (χ4n) is 2.02. The molecule has 0 bridgehead atoms. The van der Waals surface area contributed by atoms with Crippen LogP contribution in [-0.4, -0.2) is 32.4 Å². The number of aromatic amines is 1. The molecule has 0 aliphatic carbocycles. The van der Waals surface area contributed by atoms with Gasteiger partial charge in [-0.25, -0.2) is 15.0 Å². The van der Waals surface area contributed by atoms with E-state index in [0.717, 1.165) is 11.3 Å². The molecule has 0 saturated carbocycles. The van der Waals surface area contributed by atoms with Crippen molar-refractivity contribution in [3.05, 3.63) is 66.5 Å². The number of aromatic nitrogens is 4. The number of H-pyrrole nitrogens is 1. The van der Waals surface area contributed by atoms with Crippen LogP contribution in [0.15, 0.2) is 55.2 Å². The van der Waals surface area contributed by atoms with E-state index < -0.39 is 0 Å². The Labute approximate surface area is 127 Å². The molecule has 0 spiro atoms. The number of benzene rings is 1. The average molecular weight is 293 g/mol. The predicted octanol–water partition coefficient (Wildman–Crippen LogP) is 1.84. The van der Waals surface area contributed by atoms with Crippen molar-refractivity contribution in [1.82, 2.24) is 25.3 Å². The van der Waals surface area contributed by atoms with Gasteiger partial charge in [0.2, 0.25) is 0 Å². The van der Waals surface area contributed by atoms with Crippen LogP contribution in [0.25, 0.3) is 11.4 Å². The molecule has 6 heteroatoms. The van der Waals surface area contributed by atoms with Crippen LogP contribution in [0.4, 0.5) is 0 Å². The molecule has 0 aliphatic heterocycles. The van der Waals surface area contributed by atoms with Crippen LogP contribution in [0.1, 0.15) is 16.1 Å². The van der Waals surface area contributed by atoms with Crippen LogP contribution in [0.2, 0.25) is 0 Å². The highest BCUT2D eigenvalue weighted by Crippen LogP contribution is 2.13. The molecule has 110 valence electrons. The Morgan fingerprint density at radius 3 is 2.55 bits per heavy atom. The first-order valence-corrected chi connectivity index (χ1v) is 6.96. The lowest BCUT2D eigenvalue weighted by Gasteiger charge is -2.04. The molecule has 0 atom stereocenters. The molecule has 2 heterocycles. The summed E-state index contributed by atoms with van der Waals surface area (Å²) in [5.41, 5.74) is 2.28. The predicted molar refractivity (Wildman–Crippen MR) is 82.1 cm³/mol. The van der Waals surface area contributed by atoms with Gasteiger partial charge in [0, 0.05) is 37.1 Å². The highest BCUT2D eigenvalue weighted by molar-refractivity contribution is 5.93. The summed E-state index contributed by atoms with van der Waals surface area (Å²) in [5, 5.41) is 2.82. The van der Waals surface area contributed by atoms with Crippen LogP contribution in [0.5, 0.6) is 0 Å². The monoisotopic (exact) mass is 293 g/mol. The van der Waals surface area contributed by atoms with Gasteiger partial charge in [0.15, 0.2) is 5.82 Å². The van der Waals surface area contributed by atoms with E-state index in [-0.39, 0.29) is 5.91 Å². The molecule has 0 fully saturated rings. The van der Waals surface area contributed by atoms with E-state index >= 15 is 0 Å². The molecule has 1 amide bonds. The van der Waals surface area contributed by atoms with Crippen molar-refractivity contribution in [2.24, 2.45) is 0 Å². The van der Waals surface area contributed by atoms with Gasteiger partial charge in [-0.1, -0.05) is 30.3 Å². The zero-order valence-electron chi connectivity index (χ0n) is 11.9. The van der Waals surface area contributed by atoms with Crippen molar-refractivity contribution >= 4 is 5.91 Å². The maximum atomic E-state index is 12.0. The minimum atomic E-state index is -0.185. The molecule has 1 aromatic carbocycles. The van der Waals surface area contributed by atoms with Crippen LogP contribution in [0.3, 0.4) is 0 Å². The topological polar surface area (TPSA) is 83.6 Å². The molecule has 3 rings (SSSR count). The summed E-state index contributed by atoms with van der Waals surface area (Å²) in [6.07, 6.45) is 7.19. The molecule has 2 aromatic heterocycles. The van der Waals surface area contributed by atoms with E-state index in [9.17, 15) is 4.79 Å². The Morgan fingerprint density at radius 2 is 1.86 bits per heavy atom. The van der Waals surface area contributed by atoms with Crippen LogP contribution >= 0.6 is 0 Å². The molecule has 2 N–H and O–H groups in total. The summed E-state index contributed by atoms with van der Waals surface area (Å²) in [5.74, 6) is 0.420. The fraction of sp³-hybridized carbons (Fsp3) is 0.125. The summed E-state index contributed by atoms with van der Waals surface area (Å²) in [7, 11) is 0. The molecular weight excluding hydrogens is 278 g/mol. The molecule has 0 unspecified atom stereocenters. The Balaban J connectivity index is 1.59. The van der Waals surface area contributed by atoms with E-state index in [0.29, 0.717) is 24.4 Å². The quantitative estimate of drug-likeness (QED) is 0.752. The minimum Gasteiger partial charge on any atom is -0.352 e. The largest absolute Gasteiger partial charge is 0.352 e. The number of amides is 1. The van der Waals surface area contributed by atoms with Crippen molar-refractivity contribution < 1.29 is 4.79 Å². The maximum absolute atomic E-state index is 12.0. The number of carbonyl (C=O) groups is 1. The molecule has 22 heavy (non-hydrogen) atoms. The molecule has 6 nitrogen and oxygen atoms in total.